The highest BCUT2D eigenvalue weighted by Crippen LogP contribution is 2.42. The summed E-state index contributed by atoms with van der Waals surface area (Å²) in [5.41, 5.74) is 1.46. The molecule has 32 heavy (non-hydrogen) atoms. The number of amides is 1. The maximum absolute atomic E-state index is 13.5. The van der Waals surface area contributed by atoms with Crippen LogP contribution in [0.25, 0.3) is 5.52 Å². The van der Waals surface area contributed by atoms with Gasteiger partial charge in [-0.2, -0.15) is 18.3 Å². The van der Waals surface area contributed by atoms with E-state index in [-0.39, 0.29) is 23.1 Å². The van der Waals surface area contributed by atoms with E-state index in [4.69, 9.17) is 4.42 Å². The number of oxazole rings is 1. The topological polar surface area (TPSA) is 92.3 Å². The smallest absolute Gasteiger partial charge is 0.418 e. The number of fused-ring (bicyclic) bond motifs is 2. The van der Waals surface area contributed by atoms with Gasteiger partial charge in [0.1, 0.15) is 6.04 Å². The molecule has 0 radical (unpaired) electrons. The Labute approximate surface area is 179 Å². The number of hydrogen-bond donors (Lipinski definition) is 1. The van der Waals surface area contributed by atoms with Crippen LogP contribution in [0.3, 0.4) is 0 Å². The minimum absolute atomic E-state index is 0.0802. The molecule has 164 valence electrons. The van der Waals surface area contributed by atoms with Crippen LogP contribution in [0, 0.1) is 0 Å². The summed E-state index contributed by atoms with van der Waals surface area (Å²) in [4.78, 5) is 26.7. The van der Waals surface area contributed by atoms with Crippen LogP contribution in [0.2, 0.25) is 0 Å². The minimum atomic E-state index is -4.53. The van der Waals surface area contributed by atoms with Gasteiger partial charge in [-0.3, -0.25) is 4.79 Å². The van der Waals surface area contributed by atoms with Crippen LogP contribution >= 0.6 is 0 Å². The van der Waals surface area contributed by atoms with Crippen molar-refractivity contribution in [1.29, 1.82) is 0 Å². The molecule has 0 aromatic carbocycles. The molecule has 2 aliphatic rings. The predicted molar refractivity (Wildman–Crippen MR) is 104 cm³/mol. The minimum Gasteiger partial charge on any atom is -0.438 e. The summed E-state index contributed by atoms with van der Waals surface area (Å²) < 4.78 is 47.2. The lowest BCUT2D eigenvalue weighted by atomic mass is 9.98. The van der Waals surface area contributed by atoms with Crippen LogP contribution in [0.4, 0.5) is 13.2 Å². The Morgan fingerprint density at radius 2 is 2.06 bits per heavy atom. The average Bonchev–Trinajstić information content (AvgIpc) is 3.18. The second-order valence-electron chi connectivity index (χ2n) is 8.08. The van der Waals surface area contributed by atoms with E-state index in [1.807, 2.05) is 0 Å². The zero-order valence-electron chi connectivity index (χ0n) is 16.6. The summed E-state index contributed by atoms with van der Waals surface area (Å²) in [6.07, 6.45) is 2.14. The van der Waals surface area contributed by atoms with Crippen molar-refractivity contribution in [1.82, 2.24) is 29.5 Å². The number of carbonyl (C=O) groups is 1. The number of pyridine rings is 1. The summed E-state index contributed by atoms with van der Waals surface area (Å²) in [6, 6.07) is 2.93. The molecule has 11 heteroatoms. The van der Waals surface area contributed by atoms with Crippen molar-refractivity contribution in [3.8, 4) is 0 Å². The van der Waals surface area contributed by atoms with E-state index >= 15 is 0 Å². The number of H-pyrrole nitrogens is 1. The van der Waals surface area contributed by atoms with Crippen LogP contribution in [0.1, 0.15) is 63.7 Å². The van der Waals surface area contributed by atoms with Gasteiger partial charge < -0.3 is 14.3 Å². The maximum Gasteiger partial charge on any atom is 0.418 e. The molecule has 1 aliphatic heterocycles. The third-order valence-electron chi connectivity index (χ3n) is 6.05. The molecule has 1 fully saturated rings. The number of alkyl halides is 3. The van der Waals surface area contributed by atoms with Gasteiger partial charge in [0.2, 0.25) is 5.76 Å². The molecule has 1 amide bonds. The van der Waals surface area contributed by atoms with E-state index in [9.17, 15) is 18.0 Å². The van der Waals surface area contributed by atoms with Gasteiger partial charge in [-0.1, -0.05) is 0 Å². The number of nitrogens with zero attached hydrogens (tertiary/aromatic N) is 5. The van der Waals surface area contributed by atoms with Gasteiger partial charge in [0.05, 0.1) is 34.5 Å². The molecule has 0 spiro atoms. The summed E-state index contributed by atoms with van der Waals surface area (Å²) in [6.45, 7) is 0.337. The maximum atomic E-state index is 13.5. The van der Waals surface area contributed by atoms with Crippen LogP contribution in [-0.4, -0.2) is 41.9 Å². The normalized spacial score (nSPS) is 18.8. The zero-order chi connectivity index (χ0) is 22.0. The van der Waals surface area contributed by atoms with Gasteiger partial charge in [-0.15, -0.1) is 0 Å². The Morgan fingerprint density at radius 3 is 2.84 bits per heavy atom. The molecule has 5 heterocycles. The number of halogens is 3. The summed E-state index contributed by atoms with van der Waals surface area (Å²) in [5.74, 6) is 0.0220. The molecule has 8 nitrogen and oxygen atoms in total. The van der Waals surface area contributed by atoms with E-state index in [1.54, 1.807) is 4.90 Å². The quantitative estimate of drug-likeness (QED) is 0.522. The monoisotopic (exact) mass is 442 g/mol. The van der Waals surface area contributed by atoms with E-state index in [0.717, 1.165) is 24.6 Å². The molecule has 0 saturated heterocycles. The molecule has 6 rings (SSSR count). The van der Waals surface area contributed by atoms with Crippen molar-refractivity contribution >= 4 is 11.4 Å². The SMILES string of the molecule is O=C(c1ocnc1C1CC1)N1CCc2[nH]cnc2[C@H]1c1cc2c(C(F)(F)F)cccn2n1. The van der Waals surface area contributed by atoms with Crippen molar-refractivity contribution < 1.29 is 22.4 Å². The number of hydrogen-bond acceptors (Lipinski definition) is 5. The lowest BCUT2D eigenvalue weighted by Gasteiger charge is -2.33. The highest BCUT2D eigenvalue weighted by atomic mass is 19.4. The molecule has 4 aromatic rings. The molecular formula is C21H17F3N6O2. The van der Waals surface area contributed by atoms with E-state index in [0.29, 0.717) is 30.0 Å². The first kappa shape index (κ1) is 19.1. The third kappa shape index (κ3) is 2.91. The number of imidazole rings is 1. The standard InChI is InChI=1S/C21H17F3N6O2/c22-21(23,24)12-2-1-6-30-15(12)8-14(28-30)18-17-13(25-9-26-17)5-7-29(18)20(31)19-16(11-3-4-11)27-10-32-19/h1-2,6,8-11,18H,3-5,7H2,(H,25,26)/t18-/m1/s1. The Morgan fingerprint density at radius 1 is 1.22 bits per heavy atom. The largest absolute Gasteiger partial charge is 0.438 e. The predicted octanol–water partition coefficient (Wildman–Crippen LogP) is 3.73. The van der Waals surface area contributed by atoms with Crippen LogP contribution in [-0.2, 0) is 12.6 Å². The summed E-state index contributed by atoms with van der Waals surface area (Å²) in [5, 5.41) is 4.40. The molecule has 4 aromatic heterocycles. The van der Waals surface area contributed by atoms with E-state index in [2.05, 4.69) is 20.1 Å². The number of aromatic nitrogens is 5. The van der Waals surface area contributed by atoms with Crippen LogP contribution in [0.15, 0.2) is 41.5 Å². The third-order valence-corrected chi connectivity index (χ3v) is 6.05. The Kier molecular flexibility index (Phi) is 3.99. The Hall–Kier alpha value is -3.63. The van der Waals surface area contributed by atoms with Crippen LogP contribution < -0.4 is 0 Å². The van der Waals surface area contributed by atoms with Crippen molar-refractivity contribution in [2.75, 3.05) is 6.54 Å². The van der Waals surface area contributed by atoms with Crippen molar-refractivity contribution in [3.63, 3.8) is 0 Å². The van der Waals surface area contributed by atoms with Gasteiger partial charge in [0.25, 0.3) is 5.91 Å². The van der Waals surface area contributed by atoms with Crippen molar-refractivity contribution in [3.05, 3.63) is 71.2 Å². The Bertz CT molecular complexity index is 1330. The van der Waals surface area contributed by atoms with Gasteiger partial charge in [-0.05, 0) is 31.0 Å². The van der Waals surface area contributed by atoms with E-state index < -0.39 is 17.8 Å². The molecule has 1 atom stereocenters. The van der Waals surface area contributed by atoms with Crippen LogP contribution in [0.5, 0.6) is 0 Å². The van der Waals surface area contributed by atoms with Crippen molar-refractivity contribution in [2.24, 2.45) is 0 Å². The number of aromatic amines is 1. The molecular weight excluding hydrogens is 425 g/mol. The first-order valence-corrected chi connectivity index (χ1v) is 10.2. The number of carbonyl (C=O) groups excluding carboxylic acids is 1. The molecule has 0 bridgehead atoms. The molecule has 1 N–H and O–H groups in total. The fourth-order valence-corrected chi connectivity index (χ4v) is 4.40. The highest BCUT2D eigenvalue weighted by molar-refractivity contribution is 5.93. The van der Waals surface area contributed by atoms with Gasteiger partial charge in [-0.25, -0.2) is 14.5 Å². The summed E-state index contributed by atoms with van der Waals surface area (Å²) >= 11 is 0. The fourth-order valence-electron chi connectivity index (χ4n) is 4.40. The highest BCUT2D eigenvalue weighted by Gasteiger charge is 2.41. The zero-order valence-corrected chi connectivity index (χ0v) is 16.6. The lowest BCUT2D eigenvalue weighted by Crippen LogP contribution is -2.41. The van der Waals surface area contributed by atoms with Gasteiger partial charge in [0.15, 0.2) is 6.39 Å². The molecule has 1 aliphatic carbocycles. The number of rotatable bonds is 3. The van der Waals surface area contributed by atoms with Gasteiger partial charge in [0, 0.05) is 30.8 Å². The van der Waals surface area contributed by atoms with Gasteiger partial charge >= 0.3 is 6.18 Å². The fraction of sp³-hybridized carbons (Fsp3) is 0.333. The summed E-state index contributed by atoms with van der Waals surface area (Å²) in [7, 11) is 0. The number of nitrogens with one attached hydrogen (secondary N) is 1. The second-order valence-corrected chi connectivity index (χ2v) is 8.08. The second kappa shape index (κ2) is 6.68. The molecule has 1 saturated carbocycles. The lowest BCUT2D eigenvalue weighted by molar-refractivity contribution is -0.136. The Balaban J connectivity index is 1.47. The first-order valence-electron chi connectivity index (χ1n) is 10.2. The average molecular weight is 442 g/mol. The van der Waals surface area contributed by atoms with E-state index in [1.165, 1.54) is 35.6 Å². The first-order chi connectivity index (χ1) is 15.4. The molecule has 0 unspecified atom stereocenters. The van der Waals surface area contributed by atoms with Crippen molar-refractivity contribution in [2.45, 2.75) is 37.4 Å².